The number of methoxy groups -OCH3 is 1. The topological polar surface area (TPSA) is 80.9 Å². The molecular formula is C18H13BrN2O4. The van der Waals surface area contributed by atoms with E-state index < -0.39 is 5.63 Å². The number of nitrogens with one attached hydrogen (secondary N) is 1. The molecule has 0 radical (unpaired) electrons. The zero-order valence-electron chi connectivity index (χ0n) is 13.2. The molecule has 0 spiro atoms. The van der Waals surface area contributed by atoms with E-state index in [9.17, 15) is 9.59 Å². The van der Waals surface area contributed by atoms with Gasteiger partial charge in [0.1, 0.15) is 0 Å². The zero-order chi connectivity index (χ0) is 17.8. The summed E-state index contributed by atoms with van der Waals surface area (Å²) in [6.45, 7) is 0. The lowest BCUT2D eigenvalue weighted by atomic mass is 10.1. The van der Waals surface area contributed by atoms with Crippen molar-refractivity contribution in [2.24, 2.45) is 5.10 Å². The van der Waals surface area contributed by atoms with E-state index in [2.05, 4.69) is 26.5 Å². The fraction of sp³-hybridized carbons (Fsp3) is 0.0556. The second-order valence-electron chi connectivity index (χ2n) is 5.06. The van der Waals surface area contributed by atoms with Crippen molar-refractivity contribution < 1.29 is 13.9 Å². The van der Waals surface area contributed by atoms with Gasteiger partial charge in [-0.2, -0.15) is 5.10 Å². The van der Waals surface area contributed by atoms with Gasteiger partial charge in [0, 0.05) is 27.1 Å². The van der Waals surface area contributed by atoms with Gasteiger partial charge in [-0.05, 0) is 36.4 Å². The SMILES string of the molecule is COc1ccc(/C=N/NC(=O)c2cccc(Br)c2)c2ccc(=O)oc12. The van der Waals surface area contributed by atoms with Crippen molar-refractivity contribution >= 4 is 39.0 Å². The minimum atomic E-state index is -0.470. The Morgan fingerprint density at radius 2 is 2.08 bits per heavy atom. The molecule has 0 saturated carbocycles. The fourth-order valence-electron chi connectivity index (χ4n) is 2.29. The van der Waals surface area contributed by atoms with E-state index in [-0.39, 0.29) is 5.91 Å². The van der Waals surface area contributed by atoms with Gasteiger partial charge in [0.05, 0.1) is 13.3 Å². The lowest BCUT2D eigenvalue weighted by Gasteiger charge is -2.06. The number of fused-ring (bicyclic) bond motifs is 1. The molecule has 25 heavy (non-hydrogen) atoms. The van der Waals surface area contributed by atoms with Crippen molar-refractivity contribution in [1.29, 1.82) is 0 Å². The lowest BCUT2D eigenvalue weighted by molar-refractivity contribution is 0.0955. The van der Waals surface area contributed by atoms with Crippen molar-refractivity contribution in [2.45, 2.75) is 0 Å². The summed E-state index contributed by atoms with van der Waals surface area (Å²) in [4.78, 5) is 23.5. The van der Waals surface area contributed by atoms with Gasteiger partial charge in [0.2, 0.25) is 0 Å². The average Bonchev–Trinajstić information content (AvgIpc) is 2.61. The summed E-state index contributed by atoms with van der Waals surface area (Å²) < 4.78 is 11.2. The van der Waals surface area contributed by atoms with E-state index in [1.807, 2.05) is 6.07 Å². The molecule has 0 unspecified atom stereocenters. The van der Waals surface area contributed by atoms with Crippen LogP contribution in [0.4, 0.5) is 0 Å². The molecule has 3 aromatic rings. The second kappa shape index (κ2) is 7.31. The number of halogens is 1. The van der Waals surface area contributed by atoms with Crippen molar-refractivity contribution in [3.8, 4) is 5.75 Å². The van der Waals surface area contributed by atoms with Crippen LogP contribution in [0.15, 0.2) is 67.3 Å². The predicted molar refractivity (Wildman–Crippen MR) is 98.2 cm³/mol. The van der Waals surface area contributed by atoms with E-state index in [1.165, 1.54) is 19.4 Å². The highest BCUT2D eigenvalue weighted by Crippen LogP contribution is 2.26. The molecule has 7 heteroatoms. The van der Waals surface area contributed by atoms with Crippen LogP contribution in [0.2, 0.25) is 0 Å². The van der Waals surface area contributed by atoms with Gasteiger partial charge in [-0.25, -0.2) is 10.2 Å². The normalized spacial score (nSPS) is 11.0. The number of hydrazone groups is 1. The van der Waals surface area contributed by atoms with Crippen molar-refractivity contribution in [3.05, 3.63) is 74.6 Å². The van der Waals surface area contributed by atoms with Gasteiger partial charge in [-0.15, -0.1) is 0 Å². The van der Waals surface area contributed by atoms with Crippen LogP contribution in [0.5, 0.6) is 5.75 Å². The number of nitrogens with zero attached hydrogens (tertiary/aromatic N) is 1. The smallest absolute Gasteiger partial charge is 0.336 e. The second-order valence-corrected chi connectivity index (χ2v) is 5.98. The summed E-state index contributed by atoms with van der Waals surface area (Å²) >= 11 is 3.32. The molecule has 0 bridgehead atoms. The maximum Gasteiger partial charge on any atom is 0.336 e. The first-order valence-corrected chi connectivity index (χ1v) is 8.07. The lowest BCUT2D eigenvalue weighted by Crippen LogP contribution is -2.17. The van der Waals surface area contributed by atoms with Crippen LogP contribution in [0.1, 0.15) is 15.9 Å². The van der Waals surface area contributed by atoms with Crippen LogP contribution in [-0.4, -0.2) is 19.2 Å². The van der Waals surface area contributed by atoms with Crippen LogP contribution in [0, 0.1) is 0 Å². The van der Waals surface area contributed by atoms with E-state index in [0.29, 0.717) is 27.8 Å². The number of ether oxygens (including phenoxy) is 1. The molecule has 3 rings (SSSR count). The minimum Gasteiger partial charge on any atom is -0.493 e. The molecule has 0 atom stereocenters. The third-order valence-corrected chi connectivity index (χ3v) is 3.95. The molecule has 0 aliphatic carbocycles. The first kappa shape index (κ1) is 16.9. The maximum absolute atomic E-state index is 12.1. The Balaban J connectivity index is 1.87. The van der Waals surface area contributed by atoms with Gasteiger partial charge >= 0.3 is 5.63 Å². The van der Waals surface area contributed by atoms with Gasteiger partial charge in [-0.3, -0.25) is 4.79 Å². The third kappa shape index (κ3) is 3.77. The Kier molecular flexibility index (Phi) is 4.95. The minimum absolute atomic E-state index is 0.331. The molecular weight excluding hydrogens is 388 g/mol. The molecule has 0 fully saturated rings. The molecule has 1 N–H and O–H groups in total. The molecule has 2 aromatic carbocycles. The van der Waals surface area contributed by atoms with Crippen molar-refractivity contribution in [2.75, 3.05) is 7.11 Å². The Morgan fingerprint density at radius 3 is 2.84 bits per heavy atom. The number of rotatable bonds is 4. The molecule has 0 saturated heterocycles. The molecule has 1 heterocycles. The van der Waals surface area contributed by atoms with Gasteiger partial charge < -0.3 is 9.15 Å². The van der Waals surface area contributed by atoms with E-state index in [1.54, 1.807) is 36.4 Å². The van der Waals surface area contributed by atoms with Gasteiger partial charge in [0.25, 0.3) is 5.91 Å². The maximum atomic E-state index is 12.1. The summed E-state index contributed by atoms with van der Waals surface area (Å²) in [6.07, 6.45) is 1.48. The number of amides is 1. The summed E-state index contributed by atoms with van der Waals surface area (Å²) in [6, 6.07) is 13.4. The highest BCUT2D eigenvalue weighted by Gasteiger charge is 2.09. The quantitative estimate of drug-likeness (QED) is 0.413. The van der Waals surface area contributed by atoms with Gasteiger partial charge in [0.15, 0.2) is 11.3 Å². The summed E-state index contributed by atoms with van der Waals surface area (Å²) in [5.41, 5.74) is 3.49. The number of hydrogen-bond acceptors (Lipinski definition) is 5. The average molecular weight is 401 g/mol. The number of benzene rings is 2. The third-order valence-electron chi connectivity index (χ3n) is 3.46. The van der Waals surface area contributed by atoms with E-state index in [4.69, 9.17) is 9.15 Å². The Hall–Kier alpha value is -2.93. The van der Waals surface area contributed by atoms with E-state index in [0.717, 1.165) is 4.47 Å². The summed E-state index contributed by atoms with van der Waals surface area (Å²) in [5.74, 6) is 0.116. The fourth-order valence-corrected chi connectivity index (χ4v) is 2.69. The molecule has 0 aliphatic heterocycles. The monoisotopic (exact) mass is 400 g/mol. The summed E-state index contributed by atoms with van der Waals surface area (Å²) in [5, 5.41) is 4.63. The number of carbonyl (C=O) groups is 1. The standard InChI is InChI=1S/C18H13BrN2O4/c1-24-15-7-5-12(14-6-8-16(22)25-17(14)15)10-20-21-18(23)11-3-2-4-13(19)9-11/h2-10H,1H3,(H,21,23)/b20-10+. The van der Waals surface area contributed by atoms with Gasteiger partial charge in [-0.1, -0.05) is 22.0 Å². The molecule has 126 valence electrons. The van der Waals surface area contributed by atoms with Crippen molar-refractivity contribution in [1.82, 2.24) is 5.43 Å². The van der Waals surface area contributed by atoms with Crippen LogP contribution in [0.25, 0.3) is 11.0 Å². The first-order valence-electron chi connectivity index (χ1n) is 7.28. The molecule has 6 nitrogen and oxygen atoms in total. The highest BCUT2D eigenvalue weighted by molar-refractivity contribution is 9.10. The summed E-state index contributed by atoms with van der Waals surface area (Å²) in [7, 11) is 1.49. The molecule has 1 amide bonds. The molecule has 0 aliphatic rings. The largest absolute Gasteiger partial charge is 0.493 e. The van der Waals surface area contributed by atoms with E-state index >= 15 is 0 Å². The number of hydrogen-bond donors (Lipinski definition) is 1. The van der Waals surface area contributed by atoms with Crippen LogP contribution in [0.3, 0.4) is 0 Å². The molecule has 1 aromatic heterocycles. The predicted octanol–water partition coefficient (Wildman–Crippen LogP) is 3.33. The number of carbonyl (C=O) groups excluding carboxylic acids is 1. The van der Waals surface area contributed by atoms with Crippen LogP contribution in [-0.2, 0) is 0 Å². The first-order chi connectivity index (χ1) is 12.1. The van der Waals surface area contributed by atoms with Crippen LogP contribution < -0.4 is 15.8 Å². The van der Waals surface area contributed by atoms with Crippen LogP contribution >= 0.6 is 15.9 Å². The Morgan fingerprint density at radius 1 is 1.24 bits per heavy atom. The zero-order valence-corrected chi connectivity index (χ0v) is 14.7. The Labute approximate surface area is 151 Å². The Bertz CT molecular complexity index is 1030. The van der Waals surface area contributed by atoms with Crippen molar-refractivity contribution in [3.63, 3.8) is 0 Å². The highest BCUT2D eigenvalue weighted by atomic mass is 79.9.